The molecule has 5 heteroatoms. The van der Waals surface area contributed by atoms with Crippen LogP contribution in [0.4, 0.5) is 0 Å². The molecule has 104 valence electrons. The van der Waals surface area contributed by atoms with Crippen molar-refractivity contribution in [3.05, 3.63) is 58.6 Å². The molecule has 1 amide bonds. The van der Waals surface area contributed by atoms with Gasteiger partial charge in [-0.2, -0.15) is 0 Å². The number of nitrogens with two attached hydrogens (primary N) is 1. The van der Waals surface area contributed by atoms with Gasteiger partial charge in [-0.25, -0.2) is 0 Å². The van der Waals surface area contributed by atoms with E-state index in [-0.39, 0.29) is 0 Å². The maximum atomic E-state index is 11.0. The molecular weight excluding hydrogens is 276 g/mol. The Hall–Kier alpha value is -2.04. The summed E-state index contributed by atoms with van der Waals surface area (Å²) in [5.41, 5.74) is 6.63. The third kappa shape index (κ3) is 3.50. The van der Waals surface area contributed by atoms with Crippen molar-refractivity contribution in [3.8, 4) is 11.5 Å². The highest BCUT2D eigenvalue weighted by atomic mass is 35.5. The quantitative estimate of drug-likeness (QED) is 0.890. The summed E-state index contributed by atoms with van der Waals surface area (Å²) in [6.07, 6.45) is 0. The lowest BCUT2D eigenvalue weighted by Crippen LogP contribution is -2.10. The van der Waals surface area contributed by atoms with E-state index in [0.29, 0.717) is 28.6 Å². The molecule has 0 fully saturated rings. The summed E-state index contributed by atoms with van der Waals surface area (Å²) in [6.45, 7) is 0.701. The number of rotatable bonds is 5. The smallest absolute Gasteiger partial charge is 0.248 e. The average molecular weight is 291 g/mol. The van der Waals surface area contributed by atoms with Crippen LogP contribution in [0.5, 0.6) is 11.5 Å². The fourth-order valence-electron chi connectivity index (χ4n) is 1.75. The highest BCUT2D eigenvalue weighted by Crippen LogP contribution is 2.27. The van der Waals surface area contributed by atoms with E-state index in [1.165, 1.54) is 0 Å². The molecule has 4 nitrogen and oxygen atoms in total. The highest BCUT2D eigenvalue weighted by Gasteiger charge is 2.04. The van der Waals surface area contributed by atoms with Crippen molar-refractivity contribution in [2.75, 3.05) is 7.05 Å². The number of carbonyl (C=O) groups is 1. The number of ether oxygens (including phenoxy) is 1. The molecule has 20 heavy (non-hydrogen) atoms. The fourth-order valence-corrected chi connectivity index (χ4v) is 1.99. The molecule has 0 aliphatic rings. The number of carbonyl (C=O) groups excluding carboxylic acids is 1. The largest absolute Gasteiger partial charge is 0.457 e. The first-order chi connectivity index (χ1) is 9.60. The Bertz CT molecular complexity index is 612. The Balaban J connectivity index is 2.13. The van der Waals surface area contributed by atoms with Crippen LogP contribution in [0.15, 0.2) is 42.5 Å². The molecule has 2 aromatic rings. The lowest BCUT2D eigenvalue weighted by atomic mass is 10.2. The molecule has 0 spiro atoms. The van der Waals surface area contributed by atoms with Gasteiger partial charge in [-0.05, 0) is 49.0 Å². The van der Waals surface area contributed by atoms with Gasteiger partial charge in [0.2, 0.25) is 5.91 Å². The molecule has 3 N–H and O–H groups in total. The second-order valence-electron chi connectivity index (χ2n) is 4.27. The van der Waals surface area contributed by atoms with Gasteiger partial charge in [0.15, 0.2) is 0 Å². The zero-order chi connectivity index (χ0) is 14.5. The third-order valence-electron chi connectivity index (χ3n) is 2.77. The van der Waals surface area contributed by atoms with E-state index in [0.717, 1.165) is 5.56 Å². The number of primary amides is 1. The number of hydrogen-bond donors (Lipinski definition) is 2. The first kappa shape index (κ1) is 14.4. The minimum Gasteiger partial charge on any atom is -0.457 e. The first-order valence-electron chi connectivity index (χ1n) is 6.11. The molecule has 0 heterocycles. The van der Waals surface area contributed by atoms with Gasteiger partial charge in [0.25, 0.3) is 0 Å². The second kappa shape index (κ2) is 6.41. The Morgan fingerprint density at radius 1 is 1.20 bits per heavy atom. The number of halogens is 1. The molecule has 2 rings (SSSR count). The van der Waals surface area contributed by atoms with Crippen molar-refractivity contribution in [2.45, 2.75) is 6.54 Å². The molecule has 0 atom stereocenters. The maximum absolute atomic E-state index is 11.0. The lowest BCUT2D eigenvalue weighted by molar-refractivity contribution is 0.100. The Morgan fingerprint density at radius 3 is 2.40 bits per heavy atom. The van der Waals surface area contributed by atoms with Crippen molar-refractivity contribution in [1.82, 2.24) is 5.32 Å². The van der Waals surface area contributed by atoms with Crippen LogP contribution >= 0.6 is 11.6 Å². The average Bonchev–Trinajstić information content (AvgIpc) is 2.42. The topological polar surface area (TPSA) is 64.3 Å². The van der Waals surface area contributed by atoms with E-state index in [4.69, 9.17) is 22.1 Å². The van der Waals surface area contributed by atoms with Gasteiger partial charge in [0, 0.05) is 17.1 Å². The Morgan fingerprint density at radius 2 is 1.85 bits per heavy atom. The summed E-state index contributed by atoms with van der Waals surface area (Å²) in [5.74, 6) is 0.796. The molecule has 0 aromatic heterocycles. The highest BCUT2D eigenvalue weighted by molar-refractivity contribution is 6.31. The van der Waals surface area contributed by atoms with Crippen LogP contribution in [0.1, 0.15) is 15.9 Å². The molecule has 0 saturated heterocycles. The zero-order valence-electron chi connectivity index (χ0n) is 11.0. The summed E-state index contributed by atoms with van der Waals surface area (Å²) in [6, 6.07) is 12.1. The predicted molar refractivity (Wildman–Crippen MR) is 79.2 cm³/mol. The summed E-state index contributed by atoms with van der Waals surface area (Å²) >= 11 is 6.16. The maximum Gasteiger partial charge on any atom is 0.248 e. The summed E-state index contributed by atoms with van der Waals surface area (Å²) in [5, 5.41) is 3.69. The van der Waals surface area contributed by atoms with Gasteiger partial charge in [0.1, 0.15) is 11.5 Å². The van der Waals surface area contributed by atoms with E-state index in [1.807, 2.05) is 19.2 Å². The van der Waals surface area contributed by atoms with Gasteiger partial charge in [-0.3, -0.25) is 4.79 Å². The second-order valence-corrected chi connectivity index (χ2v) is 4.68. The van der Waals surface area contributed by atoms with Crippen LogP contribution in [0, 0.1) is 0 Å². The molecule has 0 aliphatic carbocycles. The summed E-state index contributed by atoms with van der Waals surface area (Å²) in [4.78, 5) is 11.0. The number of benzene rings is 2. The predicted octanol–water partition coefficient (Wildman–Crippen LogP) is 2.95. The van der Waals surface area contributed by atoms with E-state index in [2.05, 4.69) is 5.32 Å². The molecule has 0 saturated carbocycles. The van der Waals surface area contributed by atoms with Crippen LogP contribution in [0.3, 0.4) is 0 Å². The van der Waals surface area contributed by atoms with Crippen LogP contribution in [0.2, 0.25) is 5.02 Å². The monoisotopic (exact) mass is 290 g/mol. The van der Waals surface area contributed by atoms with Crippen molar-refractivity contribution in [1.29, 1.82) is 0 Å². The fraction of sp³-hybridized carbons (Fsp3) is 0.133. The normalized spacial score (nSPS) is 10.3. The van der Waals surface area contributed by atoms with Gasteiger partial charge in [-0.15, -0.1) is 0 Å². The first-order valence-corrected chi connectivity index (χ1v) is 6.48. The van der Waals surface area contributed by atoms with E-state index < -0.39 is 5.91 Å². The van der Waals surface area contributed by atoms with E-state index >= 15 is 0 Å². The summed E-state index contributed by atoms with van der Waals surface area (Å²) in [7, 11) is 1.86. The lowest BCUT2D eigenvalue weighted by Gasteiger charge is -2.09. The van der Waals surface area contributed by atoms with Crippen LogP contribution < -0.4 is 15.8 Å². The molecule has 0 aliphatic heterocycles. The van der Waals surface area contributed by atoms with Gasteiger partial charge < -0.3 is 15.8 Å². The van der Waals surface area contributed by atoms with E-state index in [1.54, 1.807) is 30.3 Å². The third-order valence-corrected chi connectivity index (χ3v) is 3.12. The summed E-state index contributed by atoms with van der Waals surface area (Å²) < 4.78 is 5.67. The van der Waals surface area contributed by atoms with Crippen LogP contribution in [-0.2, 0) is 6.54 Å². The number of hydrogen-bond acceptors (Lipinski definition) is 3. The molecule has 0 bridgehead atoms. The van der Waals surface area contributed by atoms with Gasteiger partial charge in [-0.1, -0.05) is 17.7 Å². The van der Waals surface area contributed by atoms with Crippen LogP contribution in [0.25, 0.3) is 0 Å². The SMILES string of the molecule is CNCc1ccc(Oc2ccc(C(N)=O)cc2)cc1Cl. The minimum atomic E-state index is -0.462. The van der Waals surface area contributed by atoms with Crippen molar-refractivity contribution in [2.24, 2.45) is 5.73 Å². The molecule has 0 radical (unpaired) electrons. The minimum absolute atomic E-state index is 0.444. The van der Waals surface area contributed by atoms with Crippen molar-refractivity contribution in [3.63, 3.8) is 0 Å². The van der Waals surface area contributed by atoms with E-state index in [9.17, 15) is 4.79 Å². The standard InChI is InChI=1S/C15H15ClN2O2/c1-18-9-11-4-7-13(8-14(11)16)20-12-5-2-10(3-6-12)15(17)19/h2-8,18H,9H2,1H3,(H2,17,19). The van der Waals surface area contributed by atoms with Crippen LogP contribution in [-0.4, -0.2) is 13.0 Å². The molecule has 0 unspecified atom stereocenters. The van der Waals surface area contributed by atoms with Crippen molar-refractivity contribution >= 4 is 17.5 Å². The van der Waals surface area contributed by atoms with Gasteiger partial charge in [0.05, 0.1) is 0 Å². The van der Waals surface area contributed by atoms with Gasteiger partial charge >= 0.3 is 0 Å². The van der Waals surface area contributed by atoms with Crippen molar-refractivity contribution < 1.29 is 9.53 Å². The number of nitrogens with one attached hydrogen (secondary N) is 1. The Kier molecular flexibility index (Phi) is 4.61. The Labute approximate surface area is 122 Å². The molecule has 2 aromatic carbocycles. The molecular formula is C15H15ClN2O2. The number of amides is 1. The zero-order valence-corrected chi connectivity index (χ0v) is 11.8.